The third-order valence-corrected chi connectivity index (χ3v) is 9.69. The summed E-state index contributed by atoms with van der Waals surface area (Å²) in [7, 11) is 1.38. The van der Waals surface area contributed by atoms with Gasteiger partial charge in [-0.05, 0) is 36.5 Å². The smallest absolute Gasteiger partial charge is 0.328 e. The van der Waals surface area contributed by atoms with Crippen LogP contribution < -0.4 is 10.5 Å². The molecule has 0 spiro atoms. The van der Waals surface area contributed by atoms with Crippen molar-refractivity contribution in [2.45, 2.75) is 28.5 Å². The molecule has 2 aliphatic heterocycles. The molecule has 2 heterocycles. The van der Waals surface area contributed by atoms with E-state index in [-0.39, 0.29) is 29.8 Å². The van der Waals surface area contributed by atoms with E-state index in [0.29, 0.717) is 16.0 Å². The Balaban J connectivity index is 1.73. The Bertz CT molecular complexity index is 1290. The van der Waals surface area contributed by atoms with Gasteiger partial charge < -0.3 is 15.6 Å². The monoisotopic (exact) mass is 599 g/mol. The van der Waals surface area contributed by atoms with Crippen LogP contribution in [0.2, 0.25) is 0 Å². The number of aromatic hydroxyl groups is 1. The van der Waals surface area contributed by atoms with E-state index >= 15 is 0 Å². The third kappa shape index (κ3) is 2.93. The number of methoxy groups -OCH3 is 1. The first-order valence-corrected chi connectivity index (χ1v) is 12.9. The van der Waals surface area contributed by atoms with Crippen molar-refractivity contribution in [3.8, 4) is 11.5 Å². The van der Waals surface area contributed by atoms with Gasteiger partial charge in [0.15, 0.2) is 21.2 Å². The van der Waals surface area contributed by atoms with E-state index in [2.05, 4.69) is 15.9 Å². The molecule has 10 nitrogen and oxygen atoms in total. The van der Waals surface area contributed by atoms with Crippen molar-refractivity contribution in [3.63, 3.8) is 0 Å². The van der Waals surface area contributed by atoms with Gasteiger partial charge in [0.2, 0.25) is 11.8 Å². The molecule has 3 N–H and O–H groups in total. The third-order valence-electron chi connectivity index (χ3n) is 7.77. The summed E-state index contributed by atoms with van der Waals surface area (Å²) in [5, 5.41) is 10.5. The van der Waals surface area contributed by atoms with Crippen LogP contribution in [0.25, 0.3) is 0 Å². The first kappa shape index (κ1) is 25.0. The molecule has 1 saturated carbocycles. The van der Waals surface area contributed by atoms with Crippen molar-refractivity contribution in [3.05, 3.63) is 35.4 Å². The molecule has 0 bridgehead atoms. The molecule has 5 rings (SSSR count). The number of hydrogen-bond donors (Lipinski definition) is 2. The number of carbonyl (C=O) groups excluding carboxylic acids is 5. The minimum absolute atomic E-state index is 0.0933. The Hall–Kier alpha value is -2.63. The number of fused-ring (bicyclic) bond motifs is 4. The van der Waals surface area contributed by atoms with Crippen LogP contribution >= 0.6 is 39.1 Å². The molecular weight excluding hydrogens is 581 g/mol. The highest BCUT2D eigenvalue weighted by Crippen LogP contribution is 2.65. The van der Waals surface area contributed by atoms with Crippen molar-refractivity contribution in [2.75, 3.05) is 12.6 Å². The number of rotatable bonds is 3. The van der Waals surface area contributed by atoms with Crippen molar-refractivity contribution in [2.24, 2.45) is 23.5 Å². The van der Waals surface area contributed by atoms with Crippen molar-refractivity contribution in [1.82, 2.24) is 9.80 Å². The number of phenolic OH excluding ortho intramolecular Hbond substituents is 1. The van der Waals surface area contributed by atoms with Crippen molar-refractivity contribution < 1.29 is 33.8 Å². The Labute approximate surface area is 223 Å². The van der Waals surface area contributed by atoms with Gasteiger partial charge in [0.05, 0.1) is 24.4 Å². The van der Waals surface area contributed by atoms with Crippen molar-refractivity contribution >= 4 is 68.8 Å². The summed E-state index contributed by atoms with van der Waals surface area (Å²) in [6.07, 6.45) is 1.59. The molecule has 190 valence electrons. The lowest BCUT2D eigenvalue weighted by Crippen LogP contribution is -2.60. The maximum absolute atomic E-state index is 13.6. The molecule has 2 saturated heterocycles. The second-order valence-electron chi connectivity index (χ2n) is 9.27. The van der Waals surface area contributed by atoms with Gasteiger partial charge >= 0.3 is 6.03 Å². The lowest BCUT2D eigenvalue weighted by Gasteiger charge is -2.50. The lowest BCUT2D eigenvalue weighted by molar-refractivity contribution is -0.139. The molecule has 13 heteroatoms. The standard InChI is InChI=1S/C23H20BrCl2N3O7/c1-36-14-5-2-9(6-13(14)30)16-10-3-4-11-15(18(32)29(17(11)31)21(27)35)12(10)7-22(25)19(33)28(8-24)20(34)23(16,22)26/h2-3,5-6,11-12,15-16,30H,4,7-8H2,1H3,(H2,27,35). The minimum Gasteiger partial charge on any atom is -0.504 e. The fourth-order valence-electron chi connectivity index (χ4n) is 6.23. The number of phenols is 1. The number of allylic oxidation sites excluding steroid dienone is 2. The zero-order valence-electron chi connectivity index (χ0n) is 18.7. The highest BCUT2D eigenvalue weighted by Gasteiger charge is 2.76. The number of imide groups is 4. The van der Waals surface area contributed by atoms with Gasteiger partial charge in [-0.1, -0.05) is 33.6 Å². The predicted molar refractivity (Wildman–Crippen MR) is 129 cm³/mol. The first-order valence-electron chi connectivity index (χ1n) is 11.0. The molecule has 3 fully saturated rings. The van der Waals surface area contributed by atoms with Gasteiger partial charge in [0.1, 0.15) is 0 Å². The van der Waals surface area contributed by atoms with Gasteiger partial charge in [-0.15, -0.1) is 23.2 Å². The van der Waals surface area contributed by atoms with Gasteiger partial charge in [-0.3, -0.25) is 24.1 Å². The average molecular weight is 601 g/mol. The highest BCUT2D eigenvalue weighted by atomic mass is 79.9. The van der Waals surface area contributed by atoms with E-state index in [0.717, 1.165) is 4.90 Å². The second kappa shape index (κ2) is 8.19. The van der Waals surface area contributed by atoms with E-state index in [1.807, 2.05) is 0 Å². The van der Waals surface area contributed by atoms with Gasteiger partial charge in [-0.2, -0.15) is 4.90 Å². The van der Waals surface area contributed by atoms with Gasteiger partial charge in [0.25, 0.3) is 11.8 Å². The molecule has 2 aliphatic carbocycles. The summed E-state index contributed by atoms with van der Waals surface area (Å²) in [6.45, 7) is 0. The van der Waals surface area contributed by atoms with Crippen LogP contribution in [-0.2, 0) is 19.2 Å². The predicted octanol–water partition coefficient (Wildman–Crippen LogP) is 2.19. The average Bonchev–Trinajstić information content (AvgIpc) is 3.17. The first-order chi connectivity index (χ1) is 16.9. The van der Waals surface area contributed by atoms with Crippen LogP contribution in [0.4, 0.5) is 4.79 Å². The fourth-order valence-corrected chi connectivity index (χ4v) is 7.66. The Kier molecular flexibility index (Phi) is 5.70. The van der Waals surface area contributed by atoms with Crippen LogP contribution in [0.15, 0.2) is 29.8 Å². The number of amides is 6. The van der Waals surface area contributed by atoms with E-state index in [1.54, 1.807) is 12.1 Å². The number of carbonyl (C=O) groups is 5. The number of ether oxygens (including phenoxy) is 1. The quantitative estimate of drug-likeness (QED) is 0.234. The maximum Gasteiger partial charge on any atom is 0.328 e. The summed E-state index contributed by atoms with van der Waals surface area (Å²) in [6, 6.07) is 3.26. The molecule has 0 aromatic heterocycles. The normalized spacial score (nSPS) is 35.4. The highest BCUT2D eigenvalue weighted by molar-refractivity contribution is 9.09. The number of nitrogens with zero attached hydrogens (tertiary/aromatic N) is 2. The SMILES string of the molecule is COc1ccc(C2C3=CCC4C(=O)N(C(N)=O)C(=O)C4C3CC3(Cl)C(=O)N(CBr)C(=O)C23Cl)cc1O. The number of halogens is 3. The van der Waals surface area contributed by atoms with Crippen LogP contribution in [0.1, 0.15) is 24.3 Å². The Morgan fingerprint density at radius 1 is 1.19 bits per heavy atom. The number of likely N-dealkylation sites (tertiary alicyclic amines) is 2. The van der Waals surface area contributed by atoms with Crippen LogP contribution in [0, 0.1) is 17.8 Å². The maximum atomic E-state index is 13.6. The zero-order valence-corrected chi connectivity index (χ0v) is 21.8. The second-order valence-corrected chi connectivity index (χ2v) is 11.0. The zero-order chi connectivity index (χ0) is 26.3. The van der Waals surface area contributed by atoms with Gasteiger partial charge in [-0.25, -0.2) is 4.79 Å². The van der Waals surface area contributed by atoms with E-state index in [4.69, 9.17) is 33.7 Å². The molecule has 4 aliphatic rings. The van der Waals surface area contributed by atoms with Crippen LogP contribution in [0.3, 0.4) is 0 Å². The molecule has 6 atom stereocenters. The molecule has 36 heavy (non-hydrogen) atoms. The Morgan fingerprint density at radius 3 is 2.47 bits per heavy atom. The minimum atomic E-state index is -2.00. The number of hydrogen-bond acceptors (Lipinski definition) is 7. The Morgan fingerprint density at radius 2 is 1.89 bits per heavy atom. The number of benzene rings is 1. The van der Waals surface area contributed by atoms with E-state index in [9.17, 15) is 29.1 Å². The summed E-state index contributed by atoms with van der Waals surface area (Å²) < 4.78 is 5.12. The number of primary amides is 1. The topological polar surface area (TPSA) is 147 Å². The summed E-state index contributed by atoms with van der Waals surface area (Å²) in [5.74, 6) is -6.74. The molecular formula is C23H20BrCl2N3O7. The molecule has 1 aromatic carbocycles. The number of alkyl halides is 3. The fraction of sp³-hybridized carbons (Fsp3) is 0.435. The lowest BCUT2D eigenvalue weighted by atomic mass is 9.56. The molecule has 0 radical (unpaired) electrons. The summed E-state index contributed by atoms with van der Waals surface area (Å²) in [5.41, 5.74) is 6.04. The molecule has 6 amide bonds. The van der Waals surface area contributed by atoms with Crippen LogP contribution in [-0.4, -0.2) is 66.9 Å². The van der Waals surface area contributed by atoms with Crippen LogP contribution in [0.5, 0.6) is 11.5 Å². The van der Waals surface area contributed by atoms with Crippen molar-refractivity contribution in [1.29, 1.82) is 0 Å². The number of urea groups is 1. The molecule has 6 unspecified atom stereocenters. The molecule has 1 aromatic rings. The van der Waals surface area contributed by atoms with E-state index < -0.39 is 63.1 Å². The largest absolute Gasteiger partial charge is 0.504 e. The summed E-state index contributed by atoms with van der Waals surface area (Å²) >= 11 is 17.2. The van der Waals surface area contributed by atoms with Gasteiger partial charge in [0, 0.05) is 5.92 Å². The summed E-state index contributed by atoms with van der Waals surface area (Å²) in [4.78, 5) is 62.4. The van der Waals surface area contributed by atoms with E-state index in [1.165, 1.54) is 19.2 Å². The number of nitrogens with two attached hydrogens (primary N) is 1.